The standard InChI is InChI=1S/C14H17F2NO3/c1-8-4-10(16)11(5-9(8)15)17-12(18)6-14(2,3)7-13(19)20/h4-5H,6-7H2,1-3H3,(H,17,18)(H,19,20). The number of aryl methyl sites for hydroxylation is 1. The molecule has 0 aliphatic carbocycles. The summed E-state index contributed by atoms with van der Waals surface area (Å²) in [7, 11) is 0. The van der Waals surface area contributed by atoms with E-state index >= 15 is 0 Å². The van der Waals surface area contributed by atoms with Crippen LogP contribution in [-0.2, 0) is 9.59 Å². The first kappa shape index (κ1) is 16.1. The molecule has 0 spiro atoms. The van der Waals surface area contributed by atoms with Crippen LogP contribution >= 0.6 is 0 Å². The molecule has 0 fully saturated rings. The van der Waals surface area contributed by atoms with E-state index in [9.17, 15) is 18.4 Å². The van der Waals surface area contributed by atoms with Gasteiger partial charge in [0, 0.05) is 12.5 Å². The molecule has 0 saturated carbocycles. The van der Waals surface area contributed by atoms with E-state index in [1.54, 1.807) is 13.8 Å². The summed E-state index contributed by atoms with van der Waals surface area (Å²) >= 11 is 0. The minimum absolute atomic E-state index is 0.103. The third kappa shape index (κ3) is 4.60. The number of nitrogens with one attached hydrogen (secondary N) is 1. The first-order chi connectivity index (χ1) is 9.10. The largest absolute Gasteiger partial charge is 0.481 e. The molecule has 110 valence electrons. The molecule has 6 heteroatoms. The van der Waals surface area contributed by atoms with Gasteiger partial charge in [0.05, 0.1) is 12.1 Å². The molecule has 0 heterocycles. The van der Waals surface area contributed by atoms with Crippen molar-refractivity contribution in [1.82, 2.24) is 0 Å². The predicted octanol–water partition coefficient (Wildman–Crippen LogP) is 3.10. The Kier molecular flexibility index (Phi) is 4.81. The molecule has 0 bridgehead atoms. The number of carbonyl (C=O) groups excluding carboxylic acids is 1. The Morgan fingerprint density at radius 3 is 2.35 bits per heavy atom. The second-order valence-electron chi connectivity index (χ2n) is 5.54. The Morgan fingerprint density at radius 2 is 1.80 bits per heavy atom. The summed E-state index contributed by atoms with van der Waals surface area (Å²) in [4.78, 5) is 22.4. The normalized spacial score (nSPS) is 11.2. The van der Waals surface area contributed by atoms with Crippen LogP contribution in [0.5, 0.6) is 0 Å². The highest BCUT2D eigenvalue weighted by Gasteiger charge is 2.25. The summed E-state index contributed by atoms with van der Waals surface area (Å²) in [6.45, 7) is 4.65. The summed E-state index contributed by atoms with van der Waals surface area (Å²) in [6.07, 6.45) is -0.292. The highest BCUT2D eigenvalue weighted by molar-refractivity contribution is 5.91. The quantitative estimate of drug-likeness (QED) is 0.873. The van der Waals surface area contributed by atoms with E-state index in [1.807, 2.05) is 0 Å². The lowest BCUT2D eigenvalue weighted by atomic mass is 9.85. The van der Waals surface area contributed by atoms with Crippen molar-refractivity contribution in [2.45, 2.75) is 33.6 Å². The molecule has 0 aromatic heterocycles. The van der Waals surface area contributed by atoms with Gasteiger partial charge in [-0.25, -0.2) is 8.78 Å². The minimum Gasteiger partial charge on any atom is -0.481 e. The number of carboxylic acids is 1. The zero-order valence-corrected chi connectivity index (χ0v) is 11.6. The van der Waals surface area contributed by atoms with Crippen molar-refractivity contribution in [2.24, 2.45) is 5.41 Å². The Labute approximate surface area is 115 Å². The van der Waals surface area contributed by atoms with Gasteiger partial charge in [-0.15, -0.1) is 0 Å². The van der Waals surface area contributed by atoms with Gasteiger partial charge in [-0.3, -0.25) is 9.59 Å². The summed E-state index contributed by atoms with van der Waals surface area (Å²) in [5, 5.41) is 11.0. The summed E-state index contributed by atoms with van der Waals surface area (Å²) in [5.41, 5.74) is -0.869. The Bertz CT molecular complexity index is 541. The lowest BCUT2D eigenvalue weighted by molar-refractivity contribution is -0.139. The molecule has 0 atom stereocenters. The number of anilines is 1. The van der Waals surface area contributed by atoms with Crippen molar-refractivity contribution in [1.29, 1.82) is 0 Å². The van der Waals surface area contributed by atoms with Gasteiger partial charge in [0.25, 0.3) is 0 Å². The molecule has 0 aliphatic rings. The fraction of sp³-hybridized carbons (Fsp3) is 0.429. The Balaban J connectivity index is 2.77. The van der Waals surface area contributed by atoms with Gasteiger partial charge < -0.3 is 10.4 Å². The number of amides is 1. The number of aliphatic carboxylic acids is 1. The number of hydrogen-bond donors (Lipinski definition) is 2. The number of hydrogen-bond acceptors (Lipinski definition) is 2. The van der Waals surface area contributed by atoms with Crippen molar-refractivity contribution in [3.8, 4) is 0 Å². The molecule has 0 saturated heterocycles. The zero-order valence-electron chi connectivity index (χ0n) is 11.6. The number of carbonyl (C=O) groups is 2. The van der Waals surface area contributed by atoms with E-state index in [-0.39, 0.29) is 24.1 Å². The van der Waals surface area contributed by atoms with Crippen molar-refractivity contribution >= 4 is 17.6 Å². The first-order valence-electron chi connectivity index (χ1n) is 6.08. The molecule has 1 aromatic rings. The second-order valence-corrected chi connectivity index (χ2v) is 5.54. The summed E-state index contributed by atoms with van der Waals surface area (Å²) in [5.74, 6) is -2.92. The zero-order chi connectivity index (χ0) is 15.5. The van der Waals surface area contributed by atoms with Crippen LogP contribution in [-0.4, -0.2) is 17.0 Å². The van der Waals surface area contributed by atoms with Crippen LogP contribution in [0.15, 0.2) is 12.1 Å². The SMILES string of the molecule is Cc1cc(F)c(NC(=O)CC(C)(C)CC(=O)O)cc1F. The Morgan fingerprint density at radius 1 is 1.20 bits per heavy atom. The lowest BCUT2D eigenvalue weighted by Gasteiger charge is -2.21. The van der Waals surface area contributed by atoms with E-state index in [2.05, 4.69) is 5.32 Å². The number of rotatable bonds is 5. The maximum Gasteiger partial charge on any atom is 0.303 e. The van der Waals surface area contributed by atoms with E-state index < -0.39 is 28.9 Å². The van der Waals surface area contributed by atoms with Gasteiger partial charge in [-0.2, -0.15) is 0 Å². The monoisotopic (exact) mass is 285 g/mol. The fourth-order valence-corrected chi connectivity index (χ4v) is 1.84. The van der Waals surface area contributed by atoms with Crippen LogP contribution in [0.4, 0.5) is 14.5 Å². The topological polar surface area (TPSA) is 66.4 Å². The van der Waals surface area contributed by atoms with E-state index in [1.165, 1.54) is 6.92 Å². The lowest BCUT2D eigenvalue weighted by Crippen LogP contribution is -2.25. The molecule has 0 aliphatic heterocycles. The third-order valence-electron chi connectivity index (χ3n) is 2.79. The first-order valence-corrected chi connectivity index (χ1v) is 6.08. The molecule has 2 N–H and O–H groups in total. The molecule has 0 unspecified atom stereocenters. The molecule has 1 rings (SSSR count). The minimum atomic E-state index is -1.02. The van der Waals surface area contributed by atoms with Crippen LogP contribution in [0.2, 0.25) is 0 Å². The number of benzene rings is 1. The maximum atomic E-state index is 13.6. The second kappa shape index (κ2) is 5.98. The van der Waals surface area contributed by atoms with Crippen LogP contribution in [0, 0.1) is 24.0 Å². The molecule has 4 nitrogen and oxygen atoms in total. The highest BCUT2D eigenvalue weighted by Crippen LogP contribution is 2.26. The summed E-state index contributed by atoms with van der Waals surface area (Å²) < 4.78 is 26.9. The van der Waals surface area contributed by atoms with Gasteiger partial charge in [0.1, 0.15) is 11.6 Å². The number of halogens is 2. The highest BCUT2D eigenvalue weighted by atomic mass is 19.1. The molecule has 1 amide bonds. The maximum absolute atomic E-state index is 13.6. The fourth-order valence-electron chi connectivity index (χ4n) is 1.84. The summed E-state index contributed by atoms with van der Waals surface area (Å²) in [6, 6.07) is 1.90. The molecular weight excluding hydrogens is 268 g/mol. The van der Waals surface area contributed by atoms with E-state index in [0.29, 0.717) is 0 Å². The Hall–Kier alpha value is -1.98. The van der Waals surface area contributed by atoms with Crippen molar-refractivity contribution in [3.05, 3.63) is 29.3 Å². The third-order valence-corrected chi connectivity index (χ3v) is 2.79. The van der Waals surface area contributed by atoms with Gasteiger partial charge in [0.2, 0.25) is 5.91 Å². The predicted molar refractivity (Wildman–Crippen MR) is 70.4 cm³/mol. The average Bonchev–Trinajstić information content (AvgIpc) is 2.22. The van der Waals surface area contributed by atoms with Crippen LogP contribution < -0.4 is 5.32 Å². The van der Waals surface area contributed by atoms with Gasteiger partial charge in [-0.05, 0) is 24.0 Å². The van der Waals surface area contributed by atoms with Crippen molar-refractivity contribution in [2.75, 3.05) is 5.32 Å². The number of carboxylic acid groups (broad SMARTS) is 1. The molecule has 0 radical (unpaired) electrons. The van der Waals surface area contributed by atoms with Gasteiger partial charge in [-0.1, -0.05) is 13.8 Å². The van der Waals surface area contributed by atoms with Crippen LogP contribution in [0.1, 0.15) is 32.3 Å². The van der Waals surface area contributed by atoms with Crippen molar-refractivity contribution in [3.63, 3.8) is 0 Å². The van der Waals surface area contributed by atoms with Gasteiger partial charge >= 0.3 is 5.97 Å². The van der Waals surface area contributed by atoms with Crippen LogP contribution in [0.25, 0.3) is 0 Å². The van der Waals surface area contributed by atoms with Gasteiger partial charge in [0.15, 0.2) is 0 Å². The average molecular weight is 285 g/mol. The molecule has 1 aromatic carbocycles. The van der Waals surface area contributed by atoms with E-state index in [4.69, 9.17) is 5.11 Å². The van der Waals surface area contributed by atoms with Crippen LogP contribution in [0.3, 0.4) is 0 Å². The molecular formula is C14H17F2NO3. The molecule has 20 heavy (non-hydrogen) atoms. The van der Waals surface area contributed by atoms with Crippen molar-refractivity contribution < 1.29 is 23.5 Å². The smallest absolute Gasteiger partial charge is 0.303 e. The van der Waals surface area contributed by atoms with E-state index in [0.717, 1.165) is 12.1 Å².